The lowest BCUT2D eigenvalue weighted by Crippen LogP contribution is -2.23. The number of nitrogens with one attached hydrogen (secondary N) is 1. The van der Waals surface area contributed by atoms with E-state index in [-0.39, 0.29) is 28.2 Å². The average molecular weight is 433 g/mol. The van der Waals surface area contributed by atoms with Crippen molar-refractivity contribution in [3.8, 4) is 17.6 Å². The van der Waals surface area contributed by atoms with Gasteiger partial charge < -0.3 is 14.8 Å². The maximum absolute atomic E-state index is 12.4. The van der Waals surface area contributed by atoms with Gasteiger partial charge in [0.05, 0.1) is 29.0 Å². The molecule has 0 saturated heterocycles. The Labute approximate surface area is 179 Å². The molecule has 0 radical (unpaired) electrons. The zero-order chi connectivity index (χ0) is 21.4. The van der Waals surface area contributed by atoms with Crippen LogP contribution in [0, 0.1) is 18.3 Å². The van der Waals surface area contributed by atoms with Gasteiger partial charge in [-0.25, -0.2) is 0 Å². The van der Waals surface area contributed by atoms with E-state index in [2.05, 4.69) is 5.32 Å². The molecule has 6 nitrogen and oxygen atoms in total. The van der Waals surface area contributed by atoms with Crippen LogP contribution in [-0.2, 0) is 9.59 Å². The van der Waals surface area contributed by atoms with E-state index in [1.54, 1.807) is 13.8 Å². The van der Waals surface area contributed by atoms with Crippen LogP contribution < -0.4 is 14.8 Å². The first kappa shape index (κ1) is 22.6. The van der Waals surface area contributed by atoms with E-state index in [0.717, 1.165) is 17.3 Å². The van der Waals surface area contributed by atoms with Crippen LogP contribution >= 0.6 is 23.4 Å². The number of esters is 1. The van der Waals surface area contributed by atoms with E-state index in [4.69, 9.17) is 26.3 Å². The predicted molar refractivity (Wildman–Crippen MR) is 115 cm³/mol. The molecule has 152 valence electrons. The lowest BCUT2D eigenvalue weighted by molar-refractivity contribution is -0.133. The number of rotatable bonds is 8. The summed E-state index contributed by atoms with van der Waals surface area (Å²) in [6.07, 6.45) is 0. The highest BCUT2D eigenvalue weighted by Crippen LogP contribution is 2.37. The third-order valence-electron chi connectivity index (χ3n) is 3.77. The molecule has 0 heterocycles. The second-order valence-corrected chi connectivity index (χ2v) is 7.85. The fraction of sp³-hybridized carbons (Fsp3) is 0.286. The van der Waals surface area contributed by atoms with Crippen molar-refractivity contribution in [3.05, 3.63) is 52.5 Å². The number of aryl methyl sites for hydroxylation is 1. The van der Waals surface area contributed by atoms with E-state index in [0.29, 0.717) is 17.9 Å². The van der Waals surface area contributed by atoms with Gasteiger partial charge in [-0.1, -0.05) is 29.3 Å². The highest BCUT2D eigenvalue weighted by molar-refractivity contribution is 8.01. The number of carbonyl (C=O) groups excluding carboxylic acids is 2. The fourth-order valence-corrected chi connectivity index (χ4v) is 3.19. The second kappa shape index (κ2) is 10.7. The van der Waals surface area contributed by atoms with Crippen molar-refractivity contribution in [3.63, 3.8) is 0 Å². The van der Waals surface area contributed by atoms with Crippen molar-refractivity contribution in [2.24, 2.45) is 0 Å². The highest BCUT2D eigenvalue weighted by atomic mass is 35.5. The van der Waals surface area contributed by atoms with Crippen LogP contribution in [0.4, 0.5) is 5.69 Å². The lowest BCUT2D eigenvalue weighted by Gasteiger charge is -2.15. The molecule has 1 N–H and O–H groups in total. The van der Waals surface area contributed by atoms with Crippen LogP contribution in [-0.4, -0.2) is 29.5 Å². The number of benzene rings is 2. The standard InChI is InChI=1S/C21H21ClN2O4S/c1-4-27-18-10-15(11-23)9-17(22)20(18)28-21(26)14(3)29-12-19(25)24-16-7-5-13(2)6-8-16/h5-10,14H,4,12H2,1-3H3,(H,24,25). The van der Waals surface area contributed by atoms with E-state index in [9.17, 15) is 9.59 Å². The van der Waals surface area contributed by atoms with Gasteiger partial charge in [0, 0.05) is 11.8 Å². The van der Waals surface area contributed by atoms with Gasteiger partial charge in [0.25, 0.3) is 0 Å². The Bertz CT molecular complexity index is 926. The lowest BCUT2D eigenvalue weighted by atomic mass is 10.2. The molecule has 1 amide bonds. The molecule has 0 saturated carbocycles. The molecule has 0 fully saturated rings. The number of amides is 1. The van der Waals surface area contributed by atoms with Gasteiger partial charge in [-0.15, -0.1) is 11.8 Å². The quantitative estimate of drug-likeness (QED) is 0.485. The summed E-state index contributed by atoms with van der Waals surface area (Å²) < 4.78 is 10.8. The first-order valence-electron chi connectivity index (χ1n) is 8.90. The third-order valence-corrected chi connectivity index (χ3v) is 5.17. The minimum absolute atomic E-state index is 0.0640. The average Bonchev–Trinajstić information content (AvgIpc) is 2.70. The van der Waals surface area contributed by atoms with Gasteiger partial charge in [0.15, 0.2) is 11.5 Å². The summed E-state index contributed by atoms with van der Waals surface area (Å²) in [6, 6.07) is 12.3. The third kappa shape index (κ3) is 6.70. The normalized spacial score (nSPS) is 11.3. The van der Waals surface area contributed by atoms with E-state index >= 15 is 0 Å². The Morgan fingerprint density at radius 3 is 2.59 bits per heavy atom. The first-order chi connectivity index (χ1) is 13.8. The largest absolute Gasteiger partial charge is 0.490 e. The molecule has 0 aliphatic carbocycles. The summed E-state index contributed by atoms with van der Waals surface area (Å²) in [5.41, 5.74) is 2.09. The van der Waals surface area contributed by atoms with Gasteiger partial charge >= 0.3 is 5.97 Å². The van der Waals surface area contributed by atoms with Crippen molar-refractivity contribution in [2.45, 2.75) is 26.0 Å². The molecule has 2 aromatic carbocycles. The number of halogens is 1. The van der Waals surface area contributed by atoms with Crippen molar-refractivity contribution in [1.29, 1.82) is 5.26 Å². The Morgan fingerprint density at radius 2 is 1.97 bits per heavy atom. The van der Waals surface area contributed by atoms with Gasteiger partial charge in [0.2, 0.25) is 5.91 Å². The second-order valence-electron chi connectivity index (χ2n) is 6.12. The monoisotopic (exact) mass is 432 g/mol. The molecular weight excluding hydrogens is 412 g/mol. The summed E-state index contributed by atoms with van der Waals surface area (Å²) in [7, 11) is 0. The Balaban J connectivity index is 1.96. The number of ether oxygens (including phenoxy) is 2. The SMILES string of the molecule is CCOc1cc(C#N)cc(Cl)c1OC(=O)C(C)SCC(=O)Nc1ccc(C)cc1. The zero-order valence-corrected chi connectivity index (χ0v) is 17.9. The maximum Gasteiger partial charge on any atom is 0.324 e. The van der Waals surface area contributed by atoms with Crippen LogP contribution in [0.15, 0.2) is 36.4 Å². The summed E-state index contributed by atoms with van der Waals surface area (Å²) in [4.78, 5) is 24.5. The Hall–Kier alpha value is -2.69. The van der Waals surface area contributed by atoms with Gasteiger partial charge in [0.1, 0.15) is 5.25 Å². The Kier molecular flexibility index (Phi) is 8.37. The minimum atomic E-state index is -0.611. The van der Waals surface area contributed by atoms with E-state index in [1.165, 1.54) is 12.1 Å². The van der Waals surface area contributed by atoms with Crippen molar-refractivity contribution >= 4 is 40.9 Å². The molecule has 0 aliphatic rings. The van der Waals surface area contributed by atoms with Crippen LogP contribution in [0.3, 0.4) is 0 Å². The first-order valence-corrected chi connectivity index (χ1v) is 10.3. The molecule has 1 unspecified atom stereocenters. The zero-order valence-electron chi connectivity index (χ0n) is 16.3. The summed E-state index contributed by atoms with van der Waals surface area (Å²) >= 11 is 7.29. The molecule has 2 rings (SSSR count). The number of nitriles is 1. The number of nitrogens with zero attached hydrogens (tertiary/aromatic N) is 1. The molecule has 2 aromatic rings. The molecule has 1 atom stereocenters. The number of carbonyl (C=O) groups is 2. The topological polar surface area (TPSA) is 88.4 Å². The molecule has 0 spiro atoms. The summed E-state index contributed by atoms with van der Waals surface area (Å²) in [5, 5.41) is 11.3. The fourth-order valence-electron chi connectivity index (χ4n) is 2.28. The molecule has 8 heteroatoms. The van der Waals surface area contributed by atoms with E-state index in [1.807, 2.05) is 37.3 Å². The Morgan fingerprint density at radius 1 is 1.28 bits per heavy atom. The van der Waals surface area contributed by atoms with Crippen molar-refractivity contribution in [2.75, 3.05) is 17.7 Å². The number of thioether (sulfide) groups is 1. The molecule has 0 aliphatic heterocycles. The molecule has 0 aromatic heterocycles. The van der Waals surface area contributed by atoms with Gasteiger partial charge in [-0.05, 0) is 39.0 Å². The molecule has 29 heavy (non-hydrogen) atoms. The molecular formula is C21H21ClN2O4S. The highest BCUT2D eigenvalue weighted by Gasteiger charge is 2.22. The molecule has 0 bridgehead atoms. The van der Waals surface area contributed by atoms with Crippen molar-refractivity contribution in [1.82, 2.24) is 0 Å². The number of anilines is 1. The number of hydrogen-bond donors (Lipinski definition) is 1. The van der Waals surface area contributed by atoms with Gasteiger partial charge in [-0.3, -0.25) is 9.59 Å². The predicted octanol–water partition coefficient (Wildman–Crippen LogP) is 4.58. The van der Waals surface area contributed by atoms with Crippen LogP contribution in [0.2, 0.25) is 5.02 Å². The minimum Gasteiger partial charge on any atom is -0.490 e. The van der Waals surface area contributed by atoms with Crippen LogP contribution in [0.5, 0.6) is 11.5 Å². The summed E-state index contributed by atoms with van der Waals surface area (Å²) in [5.74, 6) is -0.410. The van der Waals surface area contributed by atoms with Crippen LogP contribution in [0.1, 0.15) is 25.0 Å². The van der Waals surface area contributed by atoms with Crippen LogP contribution in [0.25, 0.3) is 0 Å². The van der Waals surface area contributed by atoms with E-state index < -0.39 is 11.2 Å². The number of hydrogen-bond acceptors (Lipinski definition) is 6. The summed E-state index contributed by atoms with van der Waals surface area (Å²) in [6.45, 7) is 5.69. The van der Waals surface area contributed by atoms with Gasteiger partial charge in [-0.2, -0.15) is 5.26 Å². The smallest absolute Gasteiger partial charge is 0.324 e. The van der Waals surface area contributed by atoms with Crippen molar-refractivity contribution < 1.29 is 19.1 Å². The maximum atomic E-state index is 12.4.